The SMILES string of the molecule is CCOC(=O)C1CCN(C(=O)c2cccc(NC(=O)C(C)C)c2)CC1. The summed E-state index contributed by atoms with van der Waals surface area (Å²) >= 11 is 0. The summed E-state index contributed by atoms with van der Waals surface area (Å²) in [4.78, 5) is 38.0. The molecule has 0 radical (unpaired) electrons. The molecule has 1 N–H and O–H groups in total. The van der Waals surface area contributed by atoms with Crippen LogP contribution >= 0.6 is 0 Å². The van der Waals surface area contributed by atoms with Gasteiger partial charge < -0.3 is 15.0 Å². The first-order valence-electron chi connectivity index (χ1n) is 8.79. The largest absolute Gasteiger partial charge is 0.466 e. The molecule has 2 amide bonds. The maximum atomic E-state index is 12.7. The van der Waals surface area contributed by atoms with Gasteiger partial charge in [-0.2, -0.15) is 0 Å². The van der Waals surface area contributed by atoms with Crippen LogP contribution in [0.4, 0.5) is 5.69 Å². The molecule has 6 heteroatoms. The molecule has 0 aromatic heterocycles. The lowest BCUT2D eigenvalue weighted by Crippen LogP contribution is -2.40. The highest BCUT2D eigenvalue weighted by molar-refractivity contribution is 5.97. The number of carbonyl (C=O) groups is 3. The van der Waals surface area contributed by atoms with Gasteiger partial charge in [-0.1, -0.05) is 19.9 Å². The van der Waals surface area contributed by atoms with E-state index in [1.165, 1.54) is 0 Å². The van der Waals surface area contributed by atoms with Gasteiger partial charge in [0, 0.05) is 30.3 Å². The number of rotatable bonds is 5. The predicted molar refractivity (Wildman–Crippen MR) is 95.2 cm³/mol. The number of benzene rings is 1. The quantitative estimate of drug-likeness (QED) is 0.832. The molecule has 136 valence electrons. The Morgan fingerprint density at radius 3 is 2.52 bits per heavy atom. The number of anilines is 1. The molecular formula is C19H26N2O4. The van der Waals surface area contributed by atoms with E-state index in [9.17, 15) is 14.4 Å². The monoisotopic (exact) mass is 346 g/mol. The zero-order chi connectivity index (χ0) is 18.4. The lowest BCUT2D eigenvalue weighted by molar-refractivity contribution is -0.149. The Bertz CT molecular complexity index is 634. The summed E-state index contributed by atoms with van der Waals surface area (Å²) in [6.45, 7) is 6.88. The normalized spacial score (nSPS) is 15.1. The Balaban J connectivity index is 1.97. The first-order chi connectivity index (χ1) is 11.9. The first kappa shape index (κ1) is 19.0. The molecule has 1 fully saturated rings. The maximum absolute atomic E-state index is 12.7. The molecule has 1 aromatic carbocycles. The molecule has 1 aliphatic heterocycles. The fraction of sp³-hybridized carbons (Fsp3) is 0.526. The van der Waals surface area contributed by atoms with Crippen molar-refractivity contribution in [2.75, 3.05) is 25.0 Å². The lowest BCUT2D eigenvalue weighted by Gasteiger charge is -2.31. The molecule has 0 spiro atoms. The minimum atomic E-state index is -0.173. The molecule has 1 aromatic rings. The van der Waals surface area contributed by atoms with E-state index in [-0.39, 0.29) is 29.6 Å². The number of carbonyl (C=O) groups excluding carboxylic acids is 3. The zero-order valence-corrected chi connectivity index (χ0v) is 15.1. The van der Waals surface area contributed by atoms with Crippen molar-refractivity contribution in [1.29, 1.82) is 0 Å². The molecule has 0 saturated carbocycles. The molecule has 0 aliphatic carbocycles. The van der Waals surface area contributed by atoms with E-state index in [4.69, 9.17) is 4.74 Å². The third-order valence-electron chi connectivity index (χ3n) is 4.30. The van der Waals surface area contributed by atoms with Crippen LogP contribution in [-0.2, 0) is 14.3 Å². The van der Waals surface area contributed by atoms with Crippen LogP contribution in [0.15, 0.2) is 24.3 Å². The highest BCUT2D eigenvalue weighted by atomic mass is 16.5. The standard InChI is InChI=1S/C19H26N2O4/c1-4-25-19(24)14-8-10-21(11-9-14)18(23)15-6-5-7-16(12-15)20-17(22)13(2)3/h5-7,12-14H,4,8-11H2,1-3H3,(H,20,22). The number of nitrogens with one attached hydrogen (secondary N) is 1. The van der Waals surface area contributed by atoms with E-state index in [0.29, 0.717) is 43.8 Å². The third-order valence-corrected chi connectivity index (χ3v) is 4.30. The van der Waals surface area contributed by atoms with Crippen molar-refractivity contribution in [3.05, 3.63) is 29.8 Å². The van der Waals surface area contributed by atoms with Crippen molar-refractivity contribution < 1.29 is 19.1 Å². The highest BCUT2D eigenvalue weighted by Crippen LogP contribution is 2.21. The second-order valence-electron chi connectivity index (χ2n) is 6.54. The number of likely N-dealkylation sites (tertiary alicyclic amines) is 1. The molecule has 1 aliphatic rings. The number of amides is 2. The summed E-state index contributed by atoms with van der Waals surface area (Å²) in [6, 6.07) is 6.96. The van der Waals surface area contributed by atoms with Crippen molar-refractivity contribution in [3.63, 3.8) is 0 Å². The minimum Gasteiger partial charge on any atom is -0.466 e. The predicted octanol–water partition coefficient (Wildman–Crippen LogP) is 2.70. The minimum absolute atomic E-state index is 0.0806. The summed E-state index contributed by atoms with van der Waals surface area (Å²) in [5.41, 5.74) is 1.15. The number of piperidine rings is 1. The Morgan fingerprint density at radius 2 is 1.92 bits per heavy atom. The van der Waals surface area contributed by atoms with Gasteiger partial charge in [-0.3, -0.25) is 14.4 Å². The van der Waals surface area contributed by atoms with Crippen LogP contribution in [0, 0.1) is 11.8 Å². The topological polar surface area (TPSA) is 75.7 Å². The fourth-order valence-electron chi connectivity index (χ4n) is 2.78. The summed E-state index contributed by atoms with van der Waals surface area (Å²) in [6.07, 6.45) is 1.24. The van der Waals surface area contributed by atoms with E-state index >= 15 is 0 Å². The van der Waals surface area contributed by atoms with Gasteiger partial charge in [0.2, 0.25) is 5.91 Å². The van der Waals surface area contributed by atoms with Crippen molar-refractivity contribution in [1.82, 2.24) is 4.90 Å². The van der Waals surface area contributed by atoms with E-state index in [2.05, 4.69) is 5.32 Å². The molecule has 6 nitrogen and oxygen atoms in total. The van der Waals surface area contributed by atoms with Gasteiger partial charge in [0.15, 0.2) is 0 Å². The average molecular weight is 346 g/mol. The van der Waals surface area contributed by atoms with E-state index in [1.54, 1.807) is 36.1 Å². The number of hydrogen-bond acceptors (Lipinski definition) is 4. The van der Waals surface area contributed by atoms with Gasteiger partial charge in [0.05, 0.1) is 12.5 Å². The van der Waals surface area contributed by atoms with Crippen molar-refractivity contribution in [2.24, 2.45) is 11.8 Å². The average Bonchev–Trinajstić information content (AvgIpc) is 2.61. The van der Waals surface area contributed by atoms with Crippen LogP contribution in [0.25, 0.3) is 0 Å². The van der Waals surface area contributed by atoms with Gasteiger partial charge in [-0.25, -0.2) is 0 Å². The van der Waals surface area contributed by atoms with Gasteiger partial charge in [-0.15, -0.1) is 0 Å². The van der Waals surface area contributed by atoms with Crippen molar-refractivity contribution >= 4 is 23.5 Å². The molecule has 0 bridgehead atoms. The van der Waals surface area contributed by atoms with Gasteiger partial charge in [-0.05, 0) is 38.0 Å². The van der Waals surface area contributed by atoms with Crippen LogP contribution in [0.1, 0.15) is 44.0 Å². The Labute approximate surface area is 148 Å². The second kappa shape index (κ2) is 8.65. The number of hydrogen-bond donors (Lipinski definition) is 1. The molecule has 0 unspecified atom stereocenters. The Kier molecular flexibility index (Phi) is 6.56. The Hall–Kier alpha value is -2.37. The van der Waals surface area contributed by atoms with Crippen LogP contribution in [0.3, 0.4) is 0 Å². The van der Waals surface area contributed by atoms with Crippen LogP contribution in [-0.4, -0.2) is 42.4 Å². The summed E-state index contributed by atoms with van der Waals surface area (Å²) in [5.74, 6) is -0.585. The van der Waals surface area contributed by atoms with Crippen LogP contribution in [0.5, 0.6) is 0 Å². The summed E-state index contributed by atoms with van der Waals surface area (Å²) in [5, 5.41) is 2.80. The first-order valence-corrected chi connectivity index (χ1v) is 8.79. The third kappa shape index (κ3) is 5.05. The van der Waals surface area contributed by atoms with E-state index in [0.717, 1.165) is 0 Å². The molecule has 2 rings (SSSR count). The molecule has 1 saturated heterocycles. The highest BCUT2D eigenvalue weighted by Gasteiger charge is 2.28. The van der Waals surface area contributed by atoms with Crippen LogP contribution < -0.4 is 5.32 Å². The second-order valence-corrected chi connectivity index (χ2v) is 6.54. The fourth-order valence-corrected chi connectivity index (χ4v) is 2.78. The van der Waals surface area contributed by atoms with E-state index in [1.807, 2.05) is 13.8 Å². The smallest absolute Gasteiger partial charge is 0.309 e. The Morgan fingerprint density at radius 1 is 1.24 bits per heavy atom. The van der Waals surface area contributed by atoms with Crippen molar-refractivity contribution in [2.45, 2.75) is 33.6 Å². The number of ether oxygens (including phenoxy) is 1. The van der Waals surface area contributed by atoms with Crippen molar-refractivity contribution in [3.8, 4) is 0 Å². The number of esters is 1. The van der Waals surface area contributed by atoms with E-state index < -0.39 is 0 Å². The number of nitrogens with zero attached hydrogens (tertiary/aromatic N) is 1. The van der Waals surface area contributed by atoms with Gasteiger partial charge >= 0.3 is 5.97 Å². The molecule has 25 heavy (non-hydrogen) atoms. The molecule has 1 heterocycles. The van der Waals surface area contributed by atoms with Gasteiger partial charge in [0.25, 0.3) is 5.91 Å². The zero-order valence-electron chi connectivity index (χ0n) is 15.1. The lowest BCUT2D eigenvalue weighted by atomic mass is 9.96. The van der Waals surface area contributed by atoms with Crippen LogP contribution in [0.2, 0.25) is 0 Å². The molecule has 0 atom stereocenters. The summed E-state index contributed by atoms with van der Waals surface area (Å²) in [7, 11) is 0. The molecular weight excluding hydrogens is 320 g/mol. The maximum Gasteiger partial charge on any atom is 0.309 e. The van der Waals surface area contributed by atoms with Gasteiger partial charge in [0.1, 0.15) is 0 Å². The summed E-state index contributed by atoms with van der Waals surface area (Å²) < 4.78 is 5.05.